The average molecular weight is 630 g/mol. The summed E-state index contributed by atoms with van der Waals surface area (Å²) in [7, 11) is 0. The number of carbonyl (C=O) groups excluding carboxylic acids is 3. The van der Waals surface area contributed by atoms with Crippen molar-refractivity contribution >= 4 is 60.9 Å². The monoisotopic (exact) mass is 630 g/mol. The van der Waals surface area contributed by atoms with Gasteiger partial charge in [0, 0.05) is 0 Å². The number of fused-ring (bicyclic) bond motifs is 2. The average Bonchev–Trinajstić information content (AvgIpc) is 3.42. The van der Waals surface area contributed by atoms with Crippen molar-refractivity contribution < 1.29 is 28.6 Å². The Kier molecular flexibility index (Phi) is 4.30. The van der Waals surface area contributed by atoms with Crippen LogP contribution < -0.4 is 7.06 Å². The molecule has 0 radical (unpaired) electrons. The van der Waals surface area contributed by atoms with Gasteiger partial charge in [-0.05, 0) is 0 Å². The van der Waals surface area contributed by atoms with Crippen LogP contribution in [0.5, 0.6) is 0 Å². The molecule has 0 aromatic heterocycles. The zero-order chi connectivity index (χ0) is 20.1. The number of hydrogen-bond acceptors (Lipinski definition) is 8. The second kappa shape index (κ2) is 6.41. The summed E-state index contributed by atoms with van der Waals surface area (Å²) in [5.41, 5.74) is -0.451. The SMILES string of the molecule is CC1(OC(=O)C2C3CC4C(OC(=O)C42)C3OC(=O)C(I)C23NI2N3)CCCCC1. The number of halogens is 2. The molecule has 3 saturated heterocycles. The Morgan fingerprint density at radius 3 is 2.59 bits per heavy atom. The van der Waals surface area contributed by atoms with E-state index in [-0.39, 0.29) is 37.3 Å². The normalized spacial score (nSPS) is 43.9. The second-order valence-electron chi connectivity index (χ2n) is 9.40. The van der Waals surface area contributed by atoms with Crippen molar-refractivity contribution in [2.45, 2.75) is 70.9 Å². The van der Waals surface area contributed by atoms with Gasteiger partial charge in [0.15, 0.2) is 0 Å². The molecule has 29 heavy (non-hydrogen) atoms. The minimum absolute atomic E-state index is 0.0470. The van der Waals surface area contributed by atoms with Crippen LogP contribution in [0, 0.1) is 23.7 Å². The van der Waals surface area contributed by atoms with Crippen LogP contribution in [0.25, 0.3) is 0 Å². The summed E-state index contributed by atoms with van der Waals surface area (Å²) in [6, 6.07) is 0. The molecule has 6 aliphatic rings. The van der Waals surface area contributed by atoms with Gasteiger partial charge in [-0.3, -0.25) is 0 Å². The molecule has 3 saturated carbocycles. The molecular weight excluding hydrogens is 606 g/mol. The van der Waals surface area contributed by atoms with Crippen molar-refractivity contribution in [1.29, 1.82) is 0 Å². The van der Waals surface area contributed by atoms with Gasteiger partial charge in [0.25, 0.3) is 0 Å². The first-order valence-electron chi connectivity index (χ1n) is 10.4. The Balaban J connectivity index is 1.20. The Bertz CT molecular complexity index is 796. The molecule has 6 fully saturated rings. The molecule has 2 bridgehead atoms. The molecular formula is C19H24I2N2O6. The maximum absolute atomic E-state index is 13.2. The molecule has 3 aliphatic carbocycles. The van der Waals surface area contributed by atoms with E-state index < -0.39 is 50.0 Å². The Morgan fingerprint density at radius 2 is 1.93 bits per heavy atom. The molecule has 160 valence electrons. The van der Waals surface area contributed by atoms with Crippen molar-refractivity contribution in [3.8, 4) is 0 Å². The number of alkyl halides is 2. The molecule has 0 amide bonds. The zero-order valence-electron chi connectivity index (χ0n) is 16.0. The van der Waals surface area contributed by atoms with Crippen molar-refractivity contribution in [3.05, 3.63) is 0 Å². The van der Waals surface area contributed by atoms with E-state index in [1.165, 1.54) is 6.42 Å². The van der Waals surface area contributed by atoms with Crippen molar-refractivity contribution in [1.82, 2.24) is 7.06 Å². The first kappa shape index (κ1) is 19.5. The number of esters is 3. The van der Waals surface area contributed by atoms with Crippen LogP contribution in [-0.4, -0.2) is 43.3 Å². The van der Waals surface area contributed by atoms with E-state index in [4.69, 9.17) is 14.2 Å². The van der Waals surface area contributed by atoms with Gasteiger partial charge in [0.2, 0.25) is 0 Å². The summed E-state index contributed by atoms with van der Waals surface area (Å²) in [5.74, 6) is -2.17. The van der Waals surface area contributed by atoms with Crippen LogP contribution in [0.15, 0.2) is 0 Å². The minimum atomic E-state index is -1.25. The van der Waals surface area contributed by atoms with Crippen LogP contribution >= 0.6 is 43.0 Å². The van der Waals surface area contributed by atoms with Crippen molar-refractivity contribution in [2.75, 3.05) is 0 Å². The molecule has 0 spiro atoms. The second-order valence-corrected chi connectivity index (χ2v) is 15.0. The third-order valence-electron chi connectivity index (χ3n) is 7.58. The Morgan fingerprint density at radius 1 is 1.24 bits per heavy atom. The molecule has 3 heterocycles. The zero-order valence-corrected chi connectivity index (χ0v) is 20.3. The standard InChI is InChI=1S/C19H24I2N2O6/c1-18(5-3-2-4-6-18)29-16(25)11-9-7-8-10(11)15(24)27-12(8)13(9)28-17(26)14(20)19-21(22-19)23-19/h8-14,22-23H,2-7H2,1H3. The predicted octanol–water partition coefficient (Wildman–Crippen LogP) is 1.97. The van der Waals surface area contributed by atoms with E-state index in [0.29, 0.717) is 6.42 Å². The van der Waals surface area contributed by atoms with Crippen LogP contribution in [0.4, 0.5) is 0 Å². The summed E-state index contributed by atoms with van der Waals surface area (Å²) in [4.78, 5) is 38.5. The van der Waals surface area contributed by atoms with Crippen LogP contribution in [0.2, 0.25) is 0 Å². The topological polar surface area (TPSA) is 123 Å². The van der Waals surface area contributed by atoms with Crippen molar-refractivity contribution in [3.63, 3.8) is 0 Å². The van der Waals surface area contributed by atoms with E-state index in [1.807, 2.05) is 6.92 Å². The third kappa shape index (κ3) is 2.83. The van der Waals surface area contributed by atoms with Crippen LogP contribution in [-0.2, 0) is 28.6 Å². The van der Waals surface area contributed by atoms with Gasteiger partial charge in [0.1, 0.15) is 0 Å². The van der Waals surface area contributed by atoms with Gasteiger partial charge in [-0.15, -0.1) is 0 Å². The quantitative estimate of drug-likeness (QED) is 0.0901. The van der Waals surface area contributed by atoms with E-state index >= 15 is 0 Å². The summed E-state index contributed by atoms with van der Waals surface area (Å²) < 4.78 is 23.7. The van der Waals surface area contributed by atoms with E-state index in [2.05, 4.69) is 29.7 Å². The first-order chi connectivity index (χ1) is 13.8. The van der Waals surface area contributed by atoms with Crippen LogP contribution in [0.3, 0.4) is 0 Å². The summed E-state index contributed by atoms with van der Waals surface area (Å²) in [6.45, 7) is 2.00. The molecule has 6 rings (SSSR count). The number of hydrogen-bond donors (Lipinski definition) is 2. The van der Waals surface area contributed by atoms with Gasteiger partial charge >= 0.3 is 185 Å². The molecule has 2 N–H and O–H groups in total. The van der Waals surface area contributed by atoms with Crippen LogP contribution in [0.1, 0.15) is 45.4 Å². The van der Waals surface area contributed by atoms with Gasteiger partial charge in [0.05, 0.1) is 0 Å². The summed E-state index contributed by atoms with van der Waals surface area (Å²) >= 11 is 0.877. The van der Waals surface area contributed by atoms with Gasteiger partial charge in [-0.25, -0.2) is 0 Å². The number of rotatable bonds is 5. The molecule has 10 heteroatoms. The van der Waals surface area contributed by atoms with Gasteiger partial charge < -0.3 is 0 Å². The van der Waals surface area contributed by atoms with E-state index in [9.17, 15) is 14.4 Å². The first-order valence-corrected chi connectivity index (χ1v) is 14.8. The molecule has 0 aromatic rings. The number of ether oxygens (including phenoxy) is 3. The summed E-state index contributed by atoms with van der Waals surface area (Å²) in [5, 5.41) is 0. The fourth-order valence-corrected chi connectivity index (χ4v) is 13.4. The van der Waals surface area contributed by atoms with Crippen molar-refractivity contribution in [2.24, 2.45) is 23.7 Å². The fraction of sp³-hybridized carbons (Fsp3) is 0.842. The van der Waals surface area contributed by atoms with E-state index in [1.54, 1.807) is 0 Å². The molecule has 8 nitrogen and oxygen atoms in total. The predicted molar refractivity (Wildman–Crippen MR) is 117 cm³/mol. The Labute approximate surface area is 190 Å². The van der Waals surface area contributed by atoms with Gasteiger partial charge in [-0.1, -0.05) is 6.42 Å². The Hall–Kier alpha value is -0.210. The fourth-order valence-electron chi connectivity index (χ4n) is 5.97. The molecule has 0 aromatic carbocycles. The molecule has 7 unspecified atom stereocenters. The molecule has 3 aliphatic heterocycles. The van der Waals surface area contributed by atoms with Gasteiger partial charge in [-0.2, -0.15) is 0 Å². The number of carbonyl (C=O) groups is 3. The summed E-state index contributed by atoms with van der Waals surface area (Å²) in [6.07, 6.45) is 4.73. The molecule has 7 atom stereocenters. The third-order valence-corrected chi connectivity index (χ3v) is 14.8. The van der Waals surface area contributed by atoms with E-state index in [0.717, 1.165) is 25.7 Å². The number of nitrogens with one attached hydrogen (secondary N) is 2. The maximum atomic E-state index is 13.2.